The van der Waals surface area contributed by atoms with Gasteiger partial charge >= 0.3 is 0 Å². The fourth-order valence-corrected chi connectivity index (χ4v) is 2.34. The van der Waals surface area contributed by atoms with Crippen LogP contribution in [0.3, 0.4) is 0 Å². The van der Waals surface area contributed by atoms with Crippen LogP contribution >= 0.6 is 11.6 Å². The number of carbonyl (C=O) groups excluding carboxylic acids is 1. The third-order valence-corrected chi connectivity index (χ3v) is 3.59. The second kappa shape index (κ2) is 6.10. The van der Waals surface area contributed by atoms with E-state index in [9.17, 15) is 4.79 Å². The number of ether oxygens (including phenoxy) is 1. The topological polar surface area (TPSA) is 29.5 Å². The molecule has 0 aliphatic heterocycles. The molecule has 1 aliphatic carbocycles. The zero-order chi connectivity index (χ0) is 13.0. The van der Waals surface area contributed by atoms with Gasteiger partial charge in [-0.15, -0.1) is 11.6 Å². The van der Waals surface area contributed by atoms with Crippen molar-refractivity contribution in [1.82, 2.24) is 4.90 Å². The van der Waals surface area contributed by atoms with E-state index in [-0.39, 0.29) is 5.91 Å². The van der Waals surface area contributed by atoms with Gasteiger partial charge in [0.15, 0.2) is 0 Å². The van der Waals surface area contributed by atoms with Crippen LogP contribution < -0.4 is 4.74 Å². The van der Waals surface area contributed by atoms with Gasteiger partial charge in [0.05, 0.1) is 7.11 Å². The van der Waals surface area contributed by atoms with Gasteiger partial charge in [-0.2, -0.15) is 0 Å². The SMILES string of the molecule is COc1cccc(C(=O)N(CCCl)C2CCC2)c1. The first-order valence-electron chi connectivity index (χ1n) is 6.27. The average molecular weight is 268 g/mol. The number of amides is 1. The quantitative estimate of drug-likeness (QED) is 0.768. The van der Waals surface area contributed by atoms with Crippen LogP contribution in [0.2, 0.25) is 0 Å². The van der Waals surface area contributed by atoms with Gasteiger partial charge in [0.25, 0.3) is 5.91 Å². The van der Waals surface area contributed by atoms with Gasteiger partial charge in [-0.1, -0.05) is 6.07 Å². The Kier molecular flexibility index (Phi) is 4.48. The molecular weight excluding hydrogens is 250 g/mol. The summed E-state index contributed by atoms with van der Waals surface area (Å²) in [6.45, 7) is 0.613. The van der Waals surface area contributed by atoms with Gasteiger partial charge < -0.3 is 9.64 Å². The van der Waals surface area contributed by atoms with Crippen LogP contribution in [0.4, 0.5) is 0 Å². The minimum Gasteiger partial charge on any atom is -0.497 e. The number of rotatable bonds is 5. The third kappa shape index (κ3) is 2.78. The summed E-state index contributed by atoms with van der Waals surface area (Å²) in [5.41, 5.74) is 0.673. The number of hydrogen-bond donors (Lipinski definition) is 0. The van der Waals surface area contributed by atoms with E-state index < -0.39 is 0 Å². The van der Waals surface area contributed by atoms with Crippen molar-refractivity contribution in [2.45, 2.75) is 25.3 Å². The highest BCUT2D eigenvalue weighted by molar-refractivity contribution is 6.18. The molecule has 1 amide bonds. The van der Waals surface area contributed by atoms with Crippen molar-refractivity contribution >= 4 is 17.5 Å². The largest absolute Gasteiger partial charge is 0.497 e. The van der Waals surface area contributed by atoms with Gasteiger partial charge in [0.2, 0.25) is 0 Å². The van der Waals surface area contributed by atoms with Crippen molar-refractivity contribution in [3.05, 3.63) is 29.8 Å². The molecule has 1 saturated carbocycles. The molecule has 0 atom stereocenters. The minimum atomic E-state index is 0.0549. The molecule has 2 rings (SSSR count). The Morgan fingerprint density at radius 1 is 1.50 bits per heavy atom. The van der Waals surface area contributed by atoms with Crippen molar-refractivity contribution in [2.24, 2.45) is 0 Å². The number of benzene rings is 1. The van der Waals surface area contributed by atoms with E-state index in [4.69, 9.17) is 16.3 Å². The zero-order valence-corrected chi connectivity index (χ0v) is 11.3. The van der Waals surface area contributed by atoms with Gasteiger partial charge in [-0.25, -0.2) is 0 Å². The first kappa shape index (κ1) is 13.2. The lowest BCUT2D eigenvalue weighted by Crippen LogP contribution is -2.45. The minimum absolute atomic E-state index is 0.0549. The standard InChI is InChI=1S/C14H18ClNO2/c1-18-13-7-2-4-11(10-13)14(17)16(9-8-15)12-5-3-6-12/h2,4,7,10,12H,3,5-6,8-9H2,1H3. The fourth-order valence-electron chi connectivity index (χ4n) is 2.16. The molecule has 0 N–H and O–H groups in total. The summed E-state index contributed by atoms with van der Waals surface area (Å²) in [6, 6.07) is 7.65. The normalized spacial score (nSPS) is 15.0. The molecule has 0 heterocycles. The summed E-state index contributed by atoms with van der Waals surface area (Å²) in [4.78, 5) is 14.3. The van der Waals surface area contributed by atoms with Gasteiger partial charge in [0, 0.05) is 24.0 Å². The Morgan fingerprint density at radius 2 is 2.28 bits per heavy atom. The molecule has 0 spiro atoms. The first-order valence-corrected chi connectivity index (χ1v) is 6.80. The van der Waals surface area contributed by atoms with Gasteiger partial charge in [-0.3, -0.25) is 4.79 Å². The molecule has 0 unspecified atom stereocenters. The van der Waals surface area contributed by atoms with Crippen molar-refractivity contribution in [1.29, 1.82) is 0 Å². The molecule has 1 fully saturated rings. The summed E-state index contributed by atoms with van der Waals surface area (Å²) in [5, 5.41) is 0. The fraction of sp³-hybridized carbons (Fsp3) is 0.500. The van der Waals surface area contributed by atoms with Crippen LogP contribution in [0.1, 0.15) is 29.6 Å². The van der Waals surface area contributed by atoms with Crippen molar-refractivity contribution in [2.75, 3.05) is 19.5 Å². The van der Waals surface area contributed by atoms with E-state index >= 15 is 0 Å². The van der Waals surface area contributed by atoms with E-state index in [2.05, 4.69) is 0 Å². The van der Waals surface area contributed by atoms with Crippen LogP contribution in [-0.4, -0.2) is 36.4 Å². The predicted octanol–water partition coefficient (Wildman–Crippen LogP) is 2.93. The Balaban J connectivity index is 2.15. The van der Waals surface area contributed by atoms with Gasteiger partial charge in [0.1, 0.15) is 5.75 Å². The molecule has 18 heavy (non-hydrogen) atoms. The predicted molar refractivity (Wildman–Crippen MR) is 72.4 cm³/mol. The number of methoxy groups -OCH3 is 1. The molecule has 0 aromatic heterocycles. The molecule has 0 bridgehead atoms. The Hall–Kier alpha value is -1.22. The van der Waals surface area contributed by atoms with E-state index in [0.717, 1.165) is 12.8 Å². The summed E-state index contributed by atoms with van der Waals surface area (Å²) >= 11 is 5.79. The lowest BCUT2D eigenvalue weighted by molar-refractivity contribution is 0.0597. The smallest absolute Gasteiger partial charge is 0.254 e. The number of hydrogen-bond acceptors (Lipinski definition) is 2. The summed E-state index contributed by atoms with van der Waals surface area (Å²) in [6.07, 6.45) is 3.38. The second-order valence-electron chi connectivity index (χ2n) is 4.50. The average Bonchev–Trinajstić information content (AvgIpc) is 2.35. The van der Waals surface area contributed by atoms with Crippen LogP contribution in [0.5, 0.6) is 5.75 Å². The first-order chi connectivity index (χ1) is 8.76. The maximum atomic E-state index is 12.4. The second-order valence-corrected chi connectivity index (χ2v) is 4.88. The maximum Gasteiger partial charge on any atom is 0.254 e. The Morgan fingerprint density at radius 3 is 2.83 bits per heavy atom. The van der Waals surface area contributed by atoms with E-state index in [1.807, 2.05) is 23.1 Å². The van der Waals surface area contributed by atoms with Crippen molar-refractivity contribution in [3.63, 3.8) is 0 Å². The number of nitrogens with zero attached hydrogens (tertiary/aromatic N) is 1. The van der Waals surface area contributed by atoms with Crippen molar-refractivity contribution in [3.8, 4) is 5.75 Å². The molecule has 0 saturated heterocycles. The van der Waals surface area contributed by atoms with Gasteiger partial charge in [-0.05, 0) is 37.5 Å². The van der Waals surface area contributed by atoms with Crippen LogP contribution in [0.25, 0.3) is 0 Å². The zero-order valence-electron chi connectivity index (χ0n) is 10.6. The molecule has 0 radical (unpaired) electrons. The molecule has 1 aromatic rings. The maximum absolute atomic E-state index is 12.4. The Bertz CT molecular complexity index is 418. The van der Waals surface area contributed by atoms with Crippen LogP contribution in [-0.2, 0) is 0 Å². The number of carbonyl (C=O) groups is 1. The number of halogens is 1. The van der Waals surface area contributed by atoms with E-state index in [1.165, 1.54) is 6.42 Å². The molecule has 3 nitrogen and oxygen atoms in total. The summed E-state index contributed by atoms with van der Waals surface area (Å²) in [7, 11) is 1.60. The summed E-state index contributed by atoms with van der Waals surface area (Å²) < 4.78 is 5.15. The highest BCUT2D eigenvalue weighted by atomic mass is 35.5. The van der Waals surface area contributed by atoms with E-state index in [0.29, 0.717) is 29.8 Å². The van der Waals surface area contributed by atoms with Crippen molar-refractivity contribution < 1.29 is 9.53 Å². The molecule has 1 aromatic carbocycles. The van der Waals surface area contributed by atoms with E-state index in [1.54, 1.807) is 13.2 Å². The molecular formula is C14H18ClNO2. The van der Waals surface area contributed by atoms with Crippen LogP contribution in [0, 0.1) is 0 Å². The Labute approximate surface area is 113 Å². The highest BCUT2D eigenvalue weighted by Crippen LogP contribution is 2.26. The third-order valence-electron chi connectivity index (χ3n) is 3.42. The molecule has 98 valence electrons. The molecule has 4 heteroatoms. The highest BCUT2D eigenvalue weighted by Gasteiger charge is 2.28. The lowest BCUT2D eigenvalue weighted by atomic mass is 9.91. The van der Waals surface area contributed by atoms with Crippen LogP contribution in [0.15, 0.2) is 24.3 Å². The summed E-state index contributed by atoms with van der Waals surface area (Å²) in [5.74, 6) is 1.24. The monoisotopic (exact) mass is 267 g/mol. The number of alkyl halides is 1. The molecule has 1 aliphatic rings. The lowest BCUT2D eigenvalue weighted by Gasteiger charge is -2.37.